The van der Waals surface area contributed by atoms with Crippen molar-refractivity contribution in [2.45, 2.75) is 252 Å². The molecule has 0 aliphatic carbocycles. The molecule has 6 nitrogen and oxygen atoms in total. The molecule has 0 fully saturated rings. The molecule has 0 saturated carbocycles. The highest BCUT2D eigenvalue weighted by Crippen LogP contribution is 2.16. The molecule has 0 aliphatic rings. The Balaban J connectivity index is 4.50. The lowest BCUT2D eigenvalue weighted by atomic mass is 10.0. The van der Waals surface area contributed by atoms with Gasteiger partial charge in [0.2, 0.25) is 0 Å². The first-order chi connectivity index (χ1) is 33.5. The van der Waals surface area contributed by atoms with Crippen LogP contribution in [0.1, 0.15) is 245 Å². The molecule has 0 spiro atoms. The first-order valence-corrected chi connectivity index (χ1v) is 27.9. The molecule has 0 aromatic heterocycles. The van der Waals surface area contributed by atoms with Crippen LogP contribution >= 0.6 is 0 Å². The van der Waals surface area contributed by atoms with Crippen molar-refractivity contribution in [1.29, 1.82) is 0 Å². The molecular formula is C62H102O6. The summed E-state index contributed by atoms with van der Waals surface area (Å²) in [6, 6.07) is 0. The van der Waals surface area contributed by atoms with E-state index in [4.69, 9.17) is 14.2 Å². The minimum atomic E-state index is -0.818. The van der Waals surface area contributed by atoms with Gasteiger partial charge in [-0.3, -0.25) is 14.4 Å². The zero-order valence-electron chi connectivity index (χ0n) is 44.1. The fourth-order valence-electron chi connectivity index (χ4n) is 7.49. The molecule has 1 atom stereocenters. The molecule has 0 radical (unpaired) electrons. The summed E-state index contributed by atoms with van der Waals surface area (Å²) in [5.74, 6) is -0.990. The van der Waals surface area contributed by atoms with E-state index in [1.54, 1.807) is 0 Å². The highest BCUT2D eigenvalue weighted by molar-refractivity contribution is 5.71. The lowest BCUT2D eigenvalue weighted by Gasteiger charge is -2.18. The third kappa shape index (κ3) is 53.0. The molecule has 0 saturated heterocycles. The zero-order chi connectivity index (χ0) is 49.3. The number of unbranched alkanes of at least 4 members (excludes halogenated alkanes) is 23. The van der Waals surface area contributed by atoms with Gasteiger partial charge in [0.05, 0.1) is 0 Å². The number of carbonyl (C=O) groups is 3. The minimum Gasteiger partial charge on any atom is -0.462 e. The molecule has 0 aliphatic heterocycles. The van der Waals surface area contributed by atoms with Gasteiger partial charge in [0.25, 0.3) is 0 Å². The second kappa shape index (κ2) is 55.7. The van der Waals surface area contributed by atoms with Gasteiger partial charge in [-0.25, -0.2) is 0 Å². The van der Waals surface area contributed by atoms with Crippen LogP contribution < -0.4 is 0 Å². The summed E-state index contributed by atoms with van der Waals surface area (Å²) < 4.78 is 16.8. The van der Waals surface area contributed by atoms with E-state index in [1.807, 2.05) is 18.2 Å². The second-order valence-corrected chi connectivity index (χ2v) is 18.2. The van der Waals surface area contributed by atoms with Gasteiger partial charge >= 0.3 is 17.9 Å². The van der Waals surface area contributed by atoms with E-state index in [9.17, 15) is 14.4 Å². The van der Waals surface area contributed by atoms with Crippen LogP contribution in [0.25, 0.3) is 0 Å². The summed E-state index contributed by atoms with van der Waals surface area (Å²) in [6.45, 7) is 6.33. The van der Waals surface area contributed by atoms with E-state index in [0.717, 1.165) is 103 Å². The van der Waals surface area contributed by atoms with E-state index in [2.05, 4.69) is 112 Å². The van der Waals surface area contributed by atoms with Crippen LogP contribution in [-0.2, 0) is 28.6 Å². The van der Waals surface area contributed by atoms with Gasteiger partial charge in [-0.05, 0) is 77.0 Å². The van der Waals surface area contributed by atoms with Gasteiger partial charge in [-0.2, -0.15) is 0 Å². The minimum absolute atomic E-state index is 0.108. The quantitative estimate of drug-likeness (QED) is 0.0199. The van der Waals surface area contributed by atoms with E-state index in [-0.39, 0.29) is 37.5 Å². The number of hydrogen-bond acceptors (Lipinski definition) is 6. The Morgan fingerprint density at radius 3 is 1.10 bits per heavy atom. The largest absolute Gasteiger partial charge is 0.462 e. The third-order valence-corrected chi connectivity index (χ3v) is 11.6. The average molecular weight is 943 g/mol. The Morgan fingerprint density at radius 2 is 0.662 bits per heavy atom. The van der Waals surface area contributed by atoms with Gasteiger partial charge in [0, 0.05) is 19.3 Å². The highest BCUT2D eigenvalue weighted by Gasteiger charge is 2.19. The van der Waals surface area contributed by atoms with Crippen LogP contribution in [0.4, 0.5) is 0 Å². The molecule has 1 unspecified atom stereocenters. The van der Waals surface area contributed by atoms with Crippen LogP contribution in [0.3, 0.4) is 0 Å². The molecule has 0 bridgehead atoms. The summed E-state index contributed by atoms with van der Waals surface area (Å²) in [6.07, 6.45) is 75.1. The summed E-state index contributed by atoms with van der Waals surface area (Å²) in [4.78, 5) is 38.1. The van der Waals surface area contributed by atoms with Crippen LogP contribution in [-0.4, -0.2) is 37.2 Å². The monoisotopic (exact) mass is 943 g/mol. The second-order valence-electron chi connectivity index (χ2n) is 18.2. The number of carbonyl (C=O) groups excluding carboxylic acids is 3. The standard InChI is InChI=1S/C62H102O6/c1-4-7-10-13-16-19-22-25-28-30-32-34-37-40-43-46-49-52-55-61(64)67-58-59(57-66-60(63)54-51-48-45-42-39-36-33-27-24-21-18-15-12-9-6-3)68-62(65)56-53-50-47-44-41-38-35-31-29-26-23-20-17-14-11-8-5-2/h8-9,11-12,15,17-18,20-21,24,26-27,29,33,35,38,44,47,59H,4-7,10,13-14,16,19,22-23,25,28,30-32,34,36-37,39-43,45-46,48-58H2,1-3H3/b11-8-,12-9-,18-15-,20-17-,24-21-,29-26-,33-27-,38-35-,47-44-. The first kappa shape index (κ1) is 64.1. The maximum atomic E-state index is 12.8. The fourth-order valence-corrected chi connectivity index (χ4v) is 7.49. The predicted molar refractivity (Wildman–Crippen MR) is 293 cm³/mol. The lowest BCUT2D eigenvalue weighted by Crippen LogP contribution is -2.30. The normalized spacial score (nSPS) is 12.9. The summed E-state index contributed by atoms with van der Waals surface area (Å²) in [7, 11) is 0. The summed E-state index contributed by atoms with van der Waals surface area (Å²) >= 11 is 0. The summed E-state index contributed by atoms with van der Waals surface area (Å²) in [5.41, 5.74) is 0. The maximum Gasteiger partial charge on any atom is 0.306 e. The van der Waals surface area contributed by atoms with Crippen molar-refractivity contribution in [2.24, 2.45) is 0 Å². The molecule has 0 N–H and O–H groups in total. The van der Waals surface area contributed by atoms with Gasteiger partial charge in [-0.15, -0.1) is 0 Å². The smallest absolute Gasteiger partial charge is 0.306 e. The van der Waals surface area contributed by atoms with Crippen molar-refractivity contribution in [3.05, 3.63) is 109 Å². The average Bonchev–Trinajstić information content (AvgIpc) is 3.34. The molecule has 0 aromatic carbocycles. The van der Waals surface area contributed by atoms with Crippen LogP contribution in [0.15, 0.2) is 109 Å². The lowest BCUT2D eigenvalue weighted by molar-refractivity contribution is -0.167. The third-order valence-electron chi connectivity index (χ3n) is 11.6. The first-order valence-electron chi connectivity index (χ1n) is 27.9. The number of esters is 3. The van der Waals surface area contributed by atoms with Crippen molar-refractivity contribution in [1.82, 2.24) is 0 Å². The molecule has 0 aromatic rings. The Bertz CT molecular complexity index is 1410. The van der Waals surface area contributed by atoms with Crippen molar-refractivity contribution in [3.63, 3.8) is 0 Å². The van der Waals surface area contributed by atoms with Gasteiger partial charge in [-0.1, -0.05) is 259 Å². The van der Waals surface area contributed by atoms with E-state index in [1.165, 1.54) is 96.3 Å². The molecular weight excluding hydrogens is 841 g/mol. The Kier molecular flexibility index (Phi) is 52.4. The van der Waals surface area contributed by atoms with Gasteiger partial charge in [0.15, 0.2) is 6.10 Å². The molecule has 0 amide bonds. The van der Waals surface area contributed by atoms with E-state index in [0.29, 0.717) is 19.3 Å². The zero-order valence-corrected chi connectivity index (χ0v) is 44.1. The maximum absolute atomic E-state index is 12.8. The number of hydrogen-bond donors (Lipinski definition) is 0. The SMILES string of the molecule is CC\C=C/C=C\C=C/C=C\CCCCCCCC(=O)OCC(COC(=O)CCCCCCCCCCCCCCCCCCCC)OC(=O)CCC/C=C\C/C=C\C/C=C\C/C=C\C/C=C\CC. The van der Waals surface area contributed by atoms with Gasteiger partial charge in [0.1, 0.15) is 13.2 Å². The molecule has 6 heteroatoms. The van der Waals surface area contributed by atoms with Crippen molar-refractivity contribution < 1.29 is 28.6 Å². The Labute approximate surface area is 419 Å². The van der Waals surface area contributed by atoms with E-state index >= 15 is 0 Å². The number of rotatable bonds is 49. The molecule has 68 heavy (non-hydrogen) atoms. The van der Waals surface area contributed by atoms with Crippen LogP contribution in [0.2, 0.25) is 0 Å². The molecule has 0 rings (SSSR count). The van der Waals surface area contributed by atoms with Crippen molar-refractivity contribution in [3.8, 4) is 0 Å². The molecule has 0 heterocycles. The Morgan fingerprint density at radius 1 is 0.324 bits per heavy atom. The van der Waals surface area contributed by atoms with Crippen molar-refractivity contribution >= 4 is 17.9 Å². The van der Waals surface area contributed by atoms with Gasteiger partial charge < -0.3 is 14.2 Å². The number of ether oxygens (including phenoxy) is 3. The van der Waals surface area contributed by atoms with E-state index < -0.39 is 6.10 Å². The summed E-state index contributed by atoms with van der Waals surface area (Å²) in [5, 5.41) is 0. The molecule has 386 valence electrons. The van der Waals surface area contributed by atoms with Crippen LogP contribution in [0, 0.1) is 0 Å². The number of allylic oxidation sites excluding steroid dienone is 18. The van der Waals surface area contributed by atoms with Crippen molar-refractivity contribution in [2.75, 3.05) is 13.2 Å². The van der Waals surface area contributed by atoms with Crippen LogP contribution in [0.5, 0.6) is 0 Å². The predicted octanol–water partition coefficient (Wildman–Crippen LogP) is 18.7. The Hall–Kier alpha value is -3.93. The highest BCUT2D eigenvalue weighted by atomic mass is 16.6. The fraction of sp³-hybridized carbons (Fsp3) is 0.661. The topological polar surface area (TPSA) is 78.9 Å².